The first-order valence-electron chi connectivity index (χ1n) is 7.16. The minimum absolute atomic E-state index is 0.185. The van der Waals surface area contributed by atoms with Gasteiger partial charge in [0, 0.05) is 6.04 Å². The Hall–Kier alpha value is -0.610. The van der Waals surface area contributed by atoms with Crippen molar-refractivity contribution in [2.24, 2.45) is 0 Å². The van der Waals surface area contributed by atoms with Gasteiger partial charge in [-0.2, -0.15) is 0 Å². The average Bonchev–Trinajstić information content (AvgIpc) is 2.43. The molecule has 1 saturated carbocycles. The first-order chi connectivity index (χ1) is 8.65. The molecule has 1 aliphatic rings. The lowest BCUT2D eigenvalue weighted by atomic mass is 9.94. The van der Waals surface area contributed by atoms with Gasteiger partial charge in [0.1, 0.15) is 6.04 Å². The summed E-state index contributed by atoms with van der Waals surface area (Å²) in [6.45, 7) is 3.82. The molecule has 4 nitrogen and oxygen atoms in total. The van der Waals surface area contributed by atoms with Crippen molar-refractivity contribution in [1.82, 2.24) is 10.2 Å². The van der Waals surface area contributed by atoms with Crippen molar-refractivity contribution in [3.05, 3.63) is 0 Å². The number of esters is 1. The fourth-order valence-electron chi connectivity index (χ4n) is 2.61. The maximum atomic E-state index is 11.2. The van der Waals surface area contributed by atoms with Crippen LogP contribution in [0.25, 0.3) is 0 Å². The fourth-order valence-corrected chi connectivity index (χ4v) is 2.61. The summed E-state index contributed by atoms with van der Waals surface area (Å²) in [6.07, 6.45) is 7.95. The first-order valence-corrected chi connectivity index (χ1v) is 7.16. The SMILES string of the molecule is COC(=O)C(C)NCCCN(C)C1CCCCC1. The smallest absolute Gasteiger partial charge is 0.322 e. The summed E-state index contributed by atoms with van der Waals surface area (Å²) < 4.78 is 4.67. The second-order valence-electron chi connectivity index (χ2n) is 5.32. The van der Waals surface area contributed by atoms with Gasteiger partial charge in [-0.25, -0.2) is 0 Å². The zero-order valence-corrected chi connectivity index (χ0v) is 12.1. The molecular formula is C14H28N2O2. The molecule has 0 amide bonds. The quantitative estimate of drug-likeness (QED) is 0.557. The van der Waals surface area contributed by atoms with Crippen LogP contribution in [-0.4, -0.2) is 50.2 Å². The van der Waals surface area contributed by atoms with E-state index in [1.54, 1.807) is 0 Å². The molecule has 1 fully saturated rings. The Balaban J connectivity index is 2.07. The van der Waals surface area contributed by atoms with Crippen LogP contribution in [0.2, 0.25) is 0 Å². The average molecular weight is 256 g/mol. The van der Waals surface area contributed by atoms with Gasteiger partial charge in [-0.1, -0.05) is 19.3 Å². The summed E-state index contributed by atoms with van der Waals surface area (Å²) in [5, 5.41) is 3.19. The van der Waals surface area contributed by atoms with Crippen molar-refractivity contribution in [2.45, 2.75) is 57.5 Å². The van der Waals surface area contributed by atoms with E-state index >= 15 is 0 Å². The Labute approximate surface area is 111 Å². The summed E-state index contributed by atoms with van der Waals surface area (Å²) in [5.74, 6) is -0.185. The number of nitrogens with one attached hydrogen (secondary N) is 1. The molecule has 0 aromatic rings. The van der Waals surface area contributed by atoms with Crippen molar-refractivity contribution in [2.75, 3.05) is 27.2 Å². The van der Waals surface area contributed by atoms with Gasteiger partial charge in [-0.15, -0.1) is 0 Å². The molecule has 18 heavy (non-hydrogen) atoms. The topological polar surface area (TPSA) is 41.6 Å². The maximum absolute atomic E-state index is 11.2. The largest absolute Gasteiger partial charge is 0.468 e. The molecule has 0 aromatic heterocycles. The molecule has 0 heterocycles. The third-order valence-corrected chi connectivity index (χ3v) is 3.89. The molecule has 1 atom stereocenters. The van der Waals surface area contributed by atoms with Crippen LogP contribution in [0.4, 0.5) is 0 Å². The van der Waals surface area contributed by atoms with Gasteiger partial charge in [0.25, 0.3) is 0 Å². The Kier molecular flexibility index (Phi) is 7.28. The van der Waals surface area contributed by atoms with Crippen LogP contribution < -0.4 is 5.32 Å². The molecule has 4 heteroatoms. The number of hydrogen-bond acceptors (Lipinski definition) is 4. The molecule has 1 N–H and O–H groups in total. The Morgan fingerprint density at radius 2 is 2.06 bits per heavy atom. The van der Waals surface area contributed by atoms with Gasteiger partial charge in [0.2, 0.25) is 0 Å². The molecule has 0 radical (unpaired) electrons. The summed E-state index contributed by atoms with van der Waals surface area (Å²) in [6, 6.07) is 0.576. The monoisotopic (exact) mass is 256 g/mol. The standard InChI is InChI=1S/C14H28N2O2/c1-12(14(17)18-3)15-10-7-11-16(2)13-8-5-4-6-9-13/h12-13,15H,4-11H2,1-3H3. The van der Waals surface area contributed by atoms with Gasteiger partial charge in [-0.05, 0) is 46.3 Å². The van der Waals surface area contributed by atoms with Crippen molar-refractivity contribution in [1.29, 1.82) is 0 Å². The van der Waals surface area contributed by atoms with Crippen LogP contribution in [0.3, 0.4) is 0 Å². The molecule has 1 unspecified atom stereocenters. The van der Waals surface area contributed by atoms with E-state index < -0.39 is 0 Å². The summed E-state index contributed by atoms with van der Waals surface area (Å²) >= 11 is 0. The summed E-state index contributed by atoms with van der Waals surface area (Å²) in [5.41, 5.74) is 0. The fraction of sp³-hybridized carbons (Fsp3) is 0.929. The van der Waals surface area contributed by atoms with Crippen LogP contribution in [0.1, 0.15) is 45.4 Å². The lowest BCUT2D eigenvalue weighted by Gasteiger charge is -2.31. The molecule has 0 spiro atoms. The number of carbonyl (C=O) groups is 1. The van der Waals surface area contributed by atoms with Gasteiger partial charge in [0.15, 0.2) is 0 Å². The van der Waals surface area contributed by atoms with E-state index in [0.717, 1.165) is 25.6 Å². The number of ether oxygens (including phenoxy) is 1. The third-order valence-electron chi connectivity index (χ3n) is 3.89. The molecule has 0 aliphatic heterocycles. The number of carbonyl (C=O) groups excluding carboxylic acids is 1. The van der Waals surface area contributed by atoms with Gasteiger partial charge >= 0.3 is 5.97 Å². The zero-order valence-electron chi connectivity index (χ0n) is 12.1. The predicted octanol–water partition coefficient (Wildman–Crippen LogP) is 1.79. The number of nitrogens with zero attached hydrogens (tertiary/aromatic N) is 1. The maximum Gasteiger partial charge on any atom is 0.322 e. The highest BCUT2D eigenvalue weighted by Crippen LogP contribution is 2.21. The van der Waals surface area contributed by atoms with E-state index in [-0.39, 0.29) is 12.0 Å². The minimum Gasteiger partial charge on any atom is -0.468 e. The highest BCUT2D eigenvalue weighted by molar-refractivity contribution is 5.74. The summed E-state index contributed by atoms with van der Waals surface area (Å²) in [7, 11) is 3.65. The number of methoxy groups -OCH3 is 1. The van der Waals surface area contributed by atoms with E-state index in [1.165, 1.54) is 39.2 Å². The van der Waals surface area contributed by atoms with Crippen LogP contribution in [0.5, 0.6) is 0 Å². The lowest BCUT2D eigenvalue weighted by Crippen LogP contribution is -2.38. The van der Waals surface area contributed by atoms with E-state index in [0.29, 0.717) is 0 Å². The molecular weight excluding hydrogens is 228 g/mol. The van der Waals surface area contributed by atoms with E-state index in [1.807, 2.05) is 6.92 Å². The molecule has 106 valence electrons. The van der Waals surface area contributed by atoms with E-state index in [4.69, 9.17) is 0 Å². The Morgan fingerprint density at radius 3 is 2.67 bits per heavy atom. The highest BCUT2D eigenvalue weighted by atomic mass is 16.5. The molecule has 1 aliphatic carbocycles. The number of rotatable bonds is 7. The van der Waals surface area contributed by atoms with Crippen LogP contribution in [0.15, 0.2) is 0 Å². The van der Waals surface area contributed by atoms with Crippen LogP contribution in [0, 0.1) is 0 Å². The second-order valence-corrected chi connectivity index (χ2v) is 5.32. The second kappa shape index (κ2) is 8.48. The van der Waals surface area contributed by atoms with Crippen molar-refractivity contribution in [3.63, 3.8) is 0 Å². The Bertz CT molecular complexity index is 240. The summed E-state index contributed by atoms with van der Waals surface area (Å²) in [4.78, 5) is 13.7. The van der Waals surface area contributed by atoms with Crippen molar-refractivity contribution in [3.8, 4) is 0 Å². The predicted molar refractivity (Wildman–Crippen MR) is 73.6 cm³/mol. The molecule has 0 bridgehead atoms. The van der Waals surface area contributed by atoms with E-state index in [2.05, 4.69) is 22.0 Å². The van der Waals surface area contributed by atoms with Crippen LogP contribution in [-0.2, 0) is 9.53 Å². The Morgan fingerprint density at radius 1 is 1.39 bits per heavy atom. The van der Waals surface area contributed by atoms with Crippen molar-refractivity contribution >= 4 is 5.97 Å². The molecule has 0 saturated heterocycles. The lowest BCUT2D eigenvalue weighted by molar-refractivity contribution is -0.142. The van der Waals surface area contributed by atoms with Gasteiger partial charge < -0.3 is 15.0 Å². The molecule has 0 aromatic carbocycles. The number of hydrogen-bond donors (Lipinski definition) is 1. The van der Waals surface area contributed by atoms with Crippen molar-refractivity contribution < 1.29 is 9.53 Å². The zero-order chi connectivity index (χ0) is 13.4. The van der Waals surface area contributed by atoms with Gasteiger partial charge in [-0.3, -0.25) is 4.79 Å². The normalized spacial score (nSPS) is 18.9. The van der Waals surface area contributed by atoms with Gasteiger partial charge in [0.05, 0.1) is 7.11 Å². The van der Waals surface area contributed by atoms with E-state index in [9.17, 15) is 4.79 Å². The first kappa shape index (κ1) is 15.4. The third kappa shape index (κ3) is 5.36. The van der Waals surface area contributed by atoms with Crippen LogP contribution >= 0.6 is 0 Å². The highest BCUT2D eigenvalue weighted by Gasteiger charge is 2.17. The molecule has 1 rings (SSSR count). The minimum atomic E-state index is -0.199.